The van der Waals surface area contributed by atoms with Gasteiger partial charge in [-0.3, -0.25) is 0 Å². The van der Waals surface area contributed by atoms with Crippen LogP contribution in [-0.4, -0.2) is 9.97 Å². The van der Waals surface area contributed by atoms with E-state index in [1.165, 1.54) is 75.5 Å². The van der Waals surface area contributed by atoms with Gasteiger partial charge in [-0.2, -0.15) is 0 Å². The molecule has 0 aliphatic heterocycles. The topological polar surface area (TPSA) is 31.6 Å². The average Bonchev–Trinajstić information content (AvgIpc) is 3.97. The second-order valence-corrected chi connectivity index (χ2v) is 15.1. The monoisotopic (exact) mass is 668 g/mol. The van der Waals surface area contributed by atoms with Crippen LogP contribution in [0.2, 0.25) is 0 Å². The number of H-pyrrole nitrogens is 2. The largest absolute Gasteiger partial charge is 0.354 e. The highest BCUT2D eigenvalue weighted by molar-refractivity contribution is 7.15. The Hall–Kier alpha value is -5.20. The van der Waals surface area contributed by atoms with Gasteiger partial charge in [0.05, 0.1) is 0 Å². The van der Waals surface area contributed by atoms with Crippen LogP contribution in [0.25, 0.3) is 87.3 Å². The summed E-state index contributed by atoms with van der Waals surface area (Å²) in [5, 5.41) is 9.16. The Balaban J connectivity index is 1.15. The molecule has 9 aromatic rings. The number of nitrogens with one attached hydrogen (secondary N) is 2. The first-order valence-corrected chi connectivity index (χ1v) is 18.7. The molecular weight excluding hydrogens is 641 g/mol. The third-order valence-electron chi connectivity index (χ3n) is 9.47. The SMILES string of the molecule is C1=C(c2ccsc2-c2cc(-c3sccc3-c3cc4ccccc4[nH]3)cc(-c3sccc3-c3cc4ccccc4[nH]3)c2)Cc2ccccc21. The standard InChI is InChI=1S/C43H28N2S3/c1-2-8-27-20-30(19-26(27)7-1)34-13-16-46-41(34)31-21-32(42-35(14-17-47-42)39-24-28-9-3-5-11-37(28)44-39)23-33(22-31)43-36(15-18-48-43)40-25-29-10-4-6-12-38(29)45-40/h1-19,21-25,44-45H,20H2. The lowest BCUT2D eigenvalue weighted by Crippen LogP contribution is -1.89. The first-order valence-electron chi connectivity index (χ1n) is 16.1. The second-order valence-electron chi connectivity index (χ2n) is 12.4. The zero-order chi connectivity index (χ0) is 31.6. The van der Waals surface area contributed by atoms with Crippen LogP contribution in [0.15, 0.2) is 137 Å². The van der Waals surface area contributed by atoms with Gasteiger partial charge >= 0.3 is 0 Å². The molecule has 0 amide bonds. The van der Waals surface area contributed by atoms with E-state index in [-0.39, 0.29) is 0 Å². The summed E-state index contributed by atoms with van der Waals surface area (Å²) in [7, 11) is 0. The smallest absolute Gasteiger partial charge is 0.0479 e. The quantitative estimate of drug-likeness (QED) is 0.177. The molecule has 1 aliphatic carbocycles. The van der Waals surface area contributed by atoms with Crippen LogP contribution < -0.4 is 0 Å². The maximum Gasteiger partial charge on any atom is 0.0479 e. The molecule has 2 nitrogen and oxygen atoms in total. The van der Waals surface area contributed by atoms with Gasteiger partial charge in [0, 0.05) is 59.0 Å². The fourth-order valence-electron chi connectivity index (χ4n) is 7.19. The Morgan fingerprint density at radius 2 is 0.938 bits per heavy atom. The summed E-state index contributed by atoms with van der Waals surface area (Å²) in [5.41, 5.74) is 16.3. The molecule has 5 heterocycles. The Bertz CT molecular complexity index is 2470. The van der Waals surface area contributed by atoms with E-state index in [0.29, 0.717) is 0 Å². The van der Waals surface area contributed by atoms with Crippen LogP contribution in [0.1, 0.15) is 16.7 Å². The number of allylic oxidation sites excluding steroid dienone is 1. The van der Waals surface area contributed by atoms with E-state index >= 15 is 0 Å². The fraction of sp³-hybridized carbons (Fsp3) is 0.0233. The van der Waals surface area contributed by atoms with Crippen LogP contribution in [0.3, 0.4) is 0 Å². The number of para-hydroxylation sites is 2. The third-order valence-corrected chi connectivity index (χ3v) is 12.4. The van der Waals surface area contributed by atoms with Crippen molar-refractivity contribution in [1.29, 1.82) is 0 Å². The summed E-state index contributed by atoms with van der Waals surface area (Å²) in [4.78, 5) is 11.3. The number of hydrogen-bond donors (Lipinski definition) is 2. The number of benzene rings is 4. The molecule has 0 saturated heterocycles. The number of rotatable bonds is 6. The minimum Gasteiger partial charge on any atom is -0.354 e. The molecule has 228 valence electrons. The third kappa shape index (κ3) is 4.66. The van der Waals surface area contributed by atoms with Gasteiger partial charge in [-0.25, -0.2) is 0 Å². The van der Waals surface area contributed by atoms with Gasteiger partial charge in [-0.1, -0.05) is 66.7 Å². The minimum atomic E-state index is 0.970. The van der Waals surface area contributed by atoms with Crippen LogP contribution in [-0.2, 0) is 6.42 Å². The van der Waals surface area contributed by atoms with Gasteiger partial charge in [-0.15, -0.1) is 34.0 Å². The van der Waals surface area contributed by atoms with Gasteiger partial charge < -0.3 is 9.97 Å². The highest BCUT2D eigenvalue weighted by atomic mass is 32.1. The van der Waals surface area contributed by atoms with Crippen LogP contribution in [0.5, 0.6) is 0 Å². The molecule has 4 aromatic carbocycles. The van der Waals surface area contributed by atoms with Crippen molar-refractivity contribution in [1.82, 2.24) is 9.97 Å². The zero-order valence-electron chi connectivity index (χ0n) is 25.8. The van der Waals surface area contributed by atoms with Crippen molar-refractivity contribution in [2.75, 3.05) is 0 Å². The molecule has 0 saturated carbocycles. The predicted octanol–water partition coefficient (Wildman–Crippen LogP) is 13.3. The molecule has 5 heteroatoms. The van der Waals surface area contributed by atoms with E-state index in [9.17, 15) is 0 Å². The number of aromatic amines is 2. The number of aromatic nitrogens is 2. The Labute approximate surface area is 290 Å². The van der Waals surface area contributed by atoms with E-state index < -0.39 is 0 Å². The van der Waals surface area contributed by atoms with Crippen molar-refractivity contribution in [2.24, 2.45) is 0 Å². The molecular formula is C43H28N2S3. The highest BCUT2D eigenvalue weighted by Crippen LogP contribution is 2.47. The Morgan fingerprint density at radius 1 is 0.458 bits per heavy atom. The molecule has 48 heavy (non-hydrogen) atoms. The Kier molecular flexibility index (Phi) is 6.51. The first kappa shape index (κ1) is 27.9. The van der Waals surface area contributed by atoms with Gasteiger partial charge in [0.2, 0.25) is 0 Å². The van der Waals surface area contributed by atoms with E-state index in [1.54, 1.807) is 0 Å². The number of hydrogen-bond acceptors (Lipinski definition) is 3. The predicted molar refractivity (Wildman–Crippen MR) is 209 cm³/mol. The molecule has 0 radical (unpaired) electrons. The maximum absolute atomic E-state index is 3.69. The number of fused-ring (bicyclic) bond motifs is 3. The van der Waals surface area contributed by atoms with Crippen molar-refractivity contribution >= 4 is 67.5 Å². The van der Waals surface area contributed by atoms with Gasteiger partial charge in [0.25, 0.3) is 0 Å². The van der Waals surface area contributed by atoms with E-state index in [4.69, 9.17) is 0 Å². The minimum absolute atomic E-state index is 0.970. The normalized spacial score (nSPS) is 12.6. The van der Waals surface area contributed by atoms with Crippen molar-refractivity contribution in [3.05, 3.63) is 154 Å². The number of thiophene rings is 3. The van der Waals surface area contributed by atoms with Crippen LogP contribution >= 0.6 is 34.0 Å². The molecule has 1 aliphatic rings. The maximum atomic E-state index is 3.69. The van der Waals surface area contributed by atoms with Gasteiger partial charge in [0.15, 0.2) is 0 Å². The van der Waals surface area contributed by atoms with E-state index in [0.717, 1.165) is 28.8 Å². The van der Waals surface area contributed by atoms with Gasteiger partial charge in [-0.05, 0) is 122 Å². The fourth-order valence-corrected chi connectivity index (χ4v) is 9.90. The molecule has 0 bridgehead atoms. The van der Waals surface area contributed by atoms with E-state index in [2.05, 4.69) is 154 Å². The summed E-state index contributed by atoms with van der Waals surface area (Å²) in [5.74, 6) is 0. The summed E-state index contributed by atoms with van der Waals surface area (Å²) < 4.78 is 0. The second kappa shape index (κ2) is 11.2. The van der Waals surface area contributed by atoms with Crippen molar-refractivity contribution in [2.45, 2.75) is 6.42 Å². The average molecular weight is 669 g/mol. The molecule has 0 atom stereocenters. The summed E-state index contributed by atoms with van der Waals surface area (Å²) in [6, 6.07) is 44.4. The summed E-state index contributed by atoms with van der Waals surface area (Å²) >= 11 is 5.47. The lowest BCUT2D eigenvalue weighted by Gasteiger charge is -2.13. The Morgan fingerprint density at radius 3 is 1.48 bits per heavy atom. The van der Waals surface area contributed by atoms with Crippen LogP contribution in [0.4, 0.5) is 0 Å². The zero-order valence-corrected chi connectivity index (χ0v) is 28.2. The summed E-state index contributed by atoms with van der Waals surface area (Å²) in [6.07, 6.45) is 3.35. The van der Waals surface area contributed by atoms with E-state index in [1.807, 2.05) is 34.0 Å². The van der Waals surface area contributed by atoms with Crippen molar-refractivity contribution < 1.29 is 0 Å². The molecule has 2 N–H and O–H groups in total. The molecule has 0 unspecified atom stereocenters. The highest BCUT2D eigenvalue weighted by Gasteiger charge is 2.21. The molecule has 0 spiro atoms. The van der Waals surface area contributed by atoms with Crippen LogP contribution in [0, 0.1) is 0 Å². The molecule has 10 rings (SSSR count). The van der Waals surface area contributed by atoms with Crippen molar-refractivity contribution in [3.63, 3.8) is 0 Å². The lowest BCUT2D eigenvalue weighted by atomic mass is 9.95. The lowest BCUT2D eigenvalue weighted by molar-refractivity contribution is 1.32. The molecule has 5 aromatic heterocycles. The summed E-state index contributed by atoms with van der Waals surface area (Å²) in [6.45, 7) is 0. The first-order chi connectivity index (χ1) is 23.7. The van der Waals surface area contributed by atoms with Gasteiger partial charge in [0.1, 0.15) is 0 Å². The van der Waals surface area contributed by atoms with Crippen molar-refractivity contribution in [3.8, 4) is 53.8 Å². The molecule has 0 fully saturated rings.